The second-order valence-corrected chi connectivity index (χ2v) is 2.91. The minimum absolute atomic E-state index is 0.833. The number of quaternary nitrogens is 1. The lowest BCUT2D eigenvalue weighted by Gasteiger charge is -2.21. The largest absolute Gasteiger partial charge is 0.335 e. The van der Waals surface area contributed by atoms with Gasteiger partial charge in [-0.25, -0.2) is 4.57 Å². The van der Waals surface area contributed by atoms with Gasteiger partial charge in [-0.15, -0.1) is 0 Å². The lowest BCUT2D eigenvalue weighted by atomic mass is 10.1. The molecule has 3 nitrogen and oxygen atoms in total. The Morgan fingerprint density at radius 1 is 1.36 bits per heavy atom. The van der Waals surface area contributed by atoms with Gasteiger partial charge in [0.05, 0.1) is 19.6 Å². The van der Waals surface area contributed by atoms with Crippen molar-refractivity contribution >= 4 is 8.69 Å². The van der Waals surface area contributed by atoms with E-state index in [9.17, 15) is 0 Å². The van der Waals surface area contributed by atoms with Crippen molar-refractivity contribution in [2.24, 2.45) is 0 Å². The van der Waals surface area contributed by atoms with E-state index >= 15 is 0 Å². The molecule has 0 atom stereocenters. The molecule has 4 heteroatoms. The monoisotopic (exact) mass is 178 g/mol. The topological polar surface area (TPSA) is 41.7 Å². The fourth-order valence-corrected chi connectivity index (χ4v) is 1.41. The summed E-state index contributed by atoms with van der Waals surface area (Å²) < 4.78 is 8.46. The van der Waals surface area contributed by atoms with Gasteiger partial charge >= 0.3 is 8.69 Å². The van der Waals surface area contributed by atoms with Gasteiger partial charge in [0.2, 0.25) is 0 Å². The molecule has 0 unspecified atom stereocenters. The van der Waals surface area contributed by atoms with Crippen LogP contribution in [0.25, 0.3) is 0 Å². The van der Waals surface area contributed by atoms with E-state index in [0.717, 1.165) is 0 Å². The average Bonchev–Trinajstić information content (AvgIpc) is 2.08. The molecule has 0 radical (unpaired) electrons. The summed E-state index contributed by atoms with van der Waals surface area (Å²) in [6.45, 7) is 6.47. The van der Waals surface area contributed by atoms with Crippen LogP contribution in [-0.2, 0) is 4.57 Å². The third kappa shape index (κ3) is 6.42. The van der Waals surface area contributed by atoms with Crippen LogP contribution in [0.3, 0.4) is 0 Å². The fourth-order valence-electron chi connectivity index (χ4n) is 1.41. The highest BCUT2D eigenvalue weighted by atomic mass is 31.1. The summed E-state index contributed by atoms with van der Waals surface area (Å²) in [5.74, 6) is 0. The van der Waals surface area contributed by atoms with Crippen molar-refractivity contribution in [2.45, 2.75) is 26.2 Å². The fraction of sp³-hybridized carbons (Fsp3) is 1.00. The summed E-state index contributed by atoms with van der Waals surface area (Å²) in [5, 5.41) is 0. The van der Waals surface area contributed by atoms with Gasteiger partial charge in [0.1, 0.15) is 0 Å². The summed E-state index contributed by atoms with van der Waals surface area (Å²) in [6.07, 6.45) is 4.40. The Hall–Kier alpha value is 0.0200. The standard InChI is InChI=1S/C7H15N.HO2P/c1-2-8-6-4-3-5-7-8;1-3-2/h2-7H2,1H3;(H,1,2)/p+1. The van der Waals surface area contributed by atoms with Crippen molar-refractivity contribution in [1.82, 2.24) is 0 Å². The van der Waals surface area contributed by atoms with E-state index in [1.54, 1.807) is 4.90 Å². The number of hydrogen-bond acceptors (Lipinski definition) is 1. The maximum absolute atomic E-state index is 8.46. The molecule has 0 aliphatic carbocycles. The highest BCUT2D eigenvalue weighted by Crippen LogP contribution is 1.93. The van der Waals surface area contributed by atoms with Crippen molar-refractivity contribution in [2.75, 3.05) is 19.6 Å². The van der Waals surface area contributed by atoms with Gasteiger partial charge < -0.3 is 9.79 Å². The Kier molecular flexibility index (Phi) is 8.13. The second-order valence-electron chi connectivity index (χ2n) is 2.75. The highest BCUT2D eigenvalue weighted by Gasteiger charge is 2.09. The number of nitrogens with one attached hydrogen (secondary N) is 1. The summed E-state index contributed by atoms with van der Waals surface area (Å²) in [5.41, 5.74) is 0. The summed E-state index contributed by atoms with van der Waals surface area (Å²) in [4.78, 5) is 8.79. The van der Waals surface area contributed by atoms with Crippen molar-refractivity contribution in [3.05, 3.63) is 0 Å². The molecule has 1 aliphatic rings. The molecule has 0 aromatic heterocycles. The van der Waals surface area contributed by atoms with E-state index in [0.29, 0.717) is 0 Å². The first-order valence-electron chi connectivity index (χ1n) is 4.15. The zero-order valence-corrected chi connectivity index (χ0v) is 7.94. The van der Waals surface area contributed by atoms with E-state index in [-0.39, 0.29) is 0 Å². The van der Waals surface area contributed by atoms with Crippen molar-refractivity contribution in [3.8, 4) is 0 Å². The van der Waals surface area contributed by atoms with Gasteiger partial charge in [0.15, 0.2) is 0 Å². The minimum Gasteiger partial charge on any atom is -0.335 e. The van der Waals surface area contributed by atoms with Crippen molar-refractivity contribution in [3.63, 3.8) is 0 Å². The van der Waals surface area contributed by atoms with Gasteiger partial charge in [-0.3, -0.25) is 0 Å². The number of likely N-dealkylation sites (tertiary alicyclic amines) is 1. The first-order valence-corrected chi connectivity index (χ1v) is 4.92. The average molecular weight is 178 g/mol. The molecule has 1 saturated heterocycles. The molecule has 1 aliphatic heterocycles. The van der Waals surface area contributed by atoms with E-state index < -0.39 is 8.69 Å². The molecule has 66 valence electrons. The zero-order chi connectivity index (χ0) is 8.53. The number of hydrogen-bond donors (Lipinski definition) is 2. The third-order valence-corrected chi connectivity index (χ3v) is 2.06. The molecule has 0 spiro atoms. The highest BCUT2D eigenvalue weighted by molar-refractivity contribution is 7.16. The normalized spacial score (nSPS) is 19.1. The molecular formula is C7H17NO2P+. The van der Waals surface area contributed by atoms with Gasteiger partial charge in [0, 0.05) is 0 Å². The second kappa shape index (κ2) is 8.12. The predicted octanol–water partition coefficient (Wildman–Crippen LogP) is 0.260. The van der Waals surface area contributed by atoms with Crippen LogP contribution >= 0.6 is 8.69 Å². The minimum atomic E-state index is -0.833. The van der Waals surface area contributed by atoms with Crippen LogP contribution in [0.2, 0.25) is 0 Å². The summed E-state index contributed by atoms with van der Waals surface area (Å²) in [6, 6.07) is 0. The van der Waals surface area contributed by atoms with Crippen LogP contribution < -0.4 is 4.90 Å². The Bertz CT molecular complexity index is 94.4. The predicted molar refractivity (Wildman–Crippen MR) is 44.9 cm³/mol. The van der Waals surface area contributed by atoms with Crippen LogP contribution in [0.4, 0.5) is 0 Å². The SMILES string of the molecule is CC[NH+]1CCCCC1.O=PO. The maximum atomic E-state index is 8.46. The molecule has 0 saturated carbocycles. The van der Waals surface area contributed by atoms with Crippen LogP contribution in [0.15, 0.2) is 0 Å². The molecule has 1 rings (SSSR count). The number of rotatable bonds is 1. The van der Waals surface area contributed by atoms with E-state index in [4.69, 9.17) is 9.46 Å². The molecule has 0 aromatic carbocycles. The maximum Gasteiger partial charge on any atom is 0.324 e. The van der Waals surface area contributed by atoms with Gasteiger partial charge in [-0.1, -0.05) is 0 Å². The Balaban J connectivity index is 0.000000292. The molecule has 2 N–H and O–H groups in total. The van der Waals surface area contributed by atoms with Crippen molar-refractivity contribution in [1.29, 1.82) is 0 Å². The first-order chi connectivity index (χ1) is 5.35. The third-order valence-electron chi connectivity index (χ3n) is 2.06. The Morgan fingerprint density at radius 2 is 1.82 bits per heavy atom. The van der Waals surface area contributed by atoms with Crippen LogP contribution in [0.5, 0.6) is 0 Å². The molecule has 0 amide bonds. The van der Waals surface area contributed by atoms with Gasteiger partial charge in [-0.05, 0) is 26.2 Å². The van der Waals surface area contributed by atoms with E-state index in [1.165, 1.54) is 38.9 Å². The lowest BCUT2D eigenvalue weighted by molar-refractivity contribution is -0.903. The van der Waals surface area contributed by atoms with Crippen LogP contribution in [0, 0.1) is 0 Å². The number of piperidine rings is 1. The van der Waals surface area contributed by atoms with Crippen LogP contribution in [0.1, 0.15) is 26.2 Å². The van der Waals surface area contributed by atoms with Gasteiger partial charge in [-0.2, -0.15) is 0 Å². The quantitative estimate of drug-likeness (QED) is 0.565. The molecule has 1 fully saturated rings. The molecule has 0 bridgehead atoms. The first kappa shape index (κ1) is 11.0. The van der Waals surface area contributed by atoms with E-state index in [1.807, 2.05) is 0 Å². The van der Waals surface area contributed by atoms with Crippen molar-refractivity contribution < 1.29 is 14.4 Å². The Labute approximate surface area is 69.7 Å². The Morgan fingerprint density at radius 3 is 2.09 bits per heavy atom. The van der Waals surface area contributed by atoms with E-state index in [2.05, 4.69) is 6.92 Å². The lowest BCUT2D eigenvalue weighted by Crippen LogP contribution is -3.12. The molecule has 11 heavy (non-hydrogen) atoms. The smallest absolute Gasteiger partial charge is 0.324 e. The zero-order valence-electron chi connectivity index (χ0n) is 7.05. The molecular weight excluding hydrogens is 161 g/mol. The molecule has 0 aromatic rings. The van der Waals surface area contributed by atoms with Crippen LogP contribution in [-0.4, -0.2) is 24.5 Å². The summed E-state index contributed by atoms with van der Waals surface area (Å²) >= 11 is 0. The molecule has 1 heterocycles. The summed E-state index contributed by atoms with van der Waals surface area (Å²) in [7, 11) is -0.833. The van der Waals surface area contributed by atoms with Gasteiger partial charge in [0.25, 0.3) is 0 Å².